The van der Waals surface area contributed by atoms with Crippen molar-refractivity contribution < 1.29 is 33.6 Å². The summed E-state index contributed by atoms with van der Waals surface area (Å²) in [6.45, 7) is 2.25. The summed E-state index contributed by atoms with van der Waals surface area (Å²) < 4.78 is 34.0. The summed E-state index contributed by atoms with van der Waals surface area (Å²) in [5, 5.41) is 32.3. The van der Waals surface area contributed by atoms with E-state index in [1.807, 2.05) is 0 Å². The monoisotopic (exact) mass is 423 g/mol. The van der Waals surface area contributed by atoms with Gasteiger partial charge >= 0.3 is 0 Å². The first-order valence-corrected chi connectivity index (χ1v) is 10.0. The van der Waals surface area contributed by atoms with E-state index in [9.17, 15) is 28.9 Å². The molecule has 5 unspecified atom stereocenters. The third-order valence-electron chi connectivity index (χ3n) is 5.86. The molecule has 166 valence electrons. The molecule has 0 heterocycles. The molecule has 30 heavy (non-hydrogen) atoms. The molecule has 0 bridgehead atoms. The highest BCUT2D eigenvalue weighted by atomic mass is 19.3. The van der Waals surface area contributed by atoms with Crippen molar-refractivity contribution in [1.82, 2.24) is 0 Å². The number of carbonyl (C=O) groups excluding carboxylic acids is 1. The Balaban J connectivity index is 2.24. The number of hydrogen-bond acceptors (Lipinski definition) is 5. The molecule has 0 aromatic heterocycles. The van der Waals surface area contributed by atoms with Crippen LogP contribution in [0.2, 0.25) is 0 Å². The summed E-state index contributed by atoms with van der Waals surface area (Å²) >= 11 is 0. The van der Waals surface area contributed by atoms with E-state index in [1.165, 1.54) is 13.0 Å². The van der Waals surface area contributed by atoms with Gasteiger partial charge in [0.1, 0.15) is 5.75 Å². The van der Waals surface area contributed by atoms with Crippen LogP contribution in [0.1, 0.15) is 33.1 Å². The molecule has 1 saturated carbocycles. The van der Waals surface area contributed by atoms with Gasteiger partial charge in [-0.05, 0) is 56.2 Å². The standard InChI is InChI=1S/C23H30F2O5/c1-3-4-8-16(22(2,21(28)29)19-13-17(26)14-20(19)27)11-12-23(24,25)15-30-18-9-6-5-7-10-18/h3-7,9-12,16-17,19-20,26-27H,8,13-15H2,1-2H3,(H,28,29)/p-1. The minimum Gasteiger partial charge on any atom is -0.550 e. The average molecular weight is 423 g/mol. The number of halogens is 2. The summed E-state index contributed by atoms with van der Waals surface area (Å²) in [5.74, 6) is -6.15. The second-order valence-electron chi connectivity index (χ2n) is 8.00. The zero-order valence-corrected chi connectivity index (χ0v) is 17.2. The van der Waals surface area contributed by atoms with Crippen molar-refractivity contribution in [3.63, 3.8) is 0 Å². The molecule has 5 atom stereocenters. The van der Waals surface area contributed by atoms with Crippen LogP contribution in [0, 0.1) is 17.3 Å². The van der Waals surface area contributed by atoms with E-state index in [-0.39, 0.29) is 19.3 Å². The van der Waals surface area contributed by atoms with Crippen molar-refractivity contribution in [1.29, 1.82) is 0 Å². The molecule has 2 N–H and O–H groups in total. The Morgan fingerprint density at radius 2 is 1.97 bits per heavy atom. The molecule has 0 aliphatic heterocycles. The van der Waals surface area contributed by atoms with Crippen LogP contribution < -0.4 is 9.84 Å². The van der Waals surface area contributed by atoms with E-state index in [2.05, 4.69) is 0 Å². The highest BCUT2D eigenvalue weighted by molar-refractivity contribution is 5.73. The van der Waals surface area contributed by atoms with Crippen LogP contribution in [-0.2, 0) is 4.79 Å². The molecule has 7 heteroatoms. The second-order valence-corrected chi connectivity index (χ2v) is 8.00. The smallest absolute Gasteiger partial charge is 0.299 e. The molecule has 2 rings (SSSR count). The summed E-state index contributed by atoms with van der Waals surface area (Å²) in [5.41, 5.74) is -1.64. The number of rotatable bonds is 10. The van der Waals surface area contributed by atoms with Gasteiger partial charge in [-0.25, -0.2) is 0 Å². The zero-order valence-electron chi connectivity index (χ0n) is 17.2. The van der Waals surface area contributed by atoms with E-state index in [4.69, 9.17) is 4.74 Å². The van der Waals surface area contributed by atoms with Crippen LogP contribution in [-0.4, -0.2) is 40.9 Å². The van der Waals surface area contributed by atoms with E-state index >= 15 is 0 Å². The van der Waals surface area contributed by atoms with Gasteiger partial charge in [0.2, 0.25) is 0 Å². The lowest BCUT2D eigenvalue weighted by atomic mass is 9.65. The minimum absolute atomic E-state index is 0.0503. The second kappa shape index (κ2) is 10.2. The van der Waals surface area contributed by atoms with Crippen LogP contribution in [0.4, 0.5) is 8.78 Å². The van der Waals surface area contributed by atoms with E-state index in [0.717, 1.165) is 0 Å². The third-order valence-corrected chi connectivity index (χ3v) is 5.86. The van der Waals surface area contributed by atoms with Gasteiger partial charge in [-0.3, -0.25) is 0 Å². The first kappa shape index (κ1) is 24.0. The molecule has 1 aromatic carbocycles. The molecular formula is C23H29F2O5-. The number of carboxylic acids is 1. The van der Waals surface area contributed by atoms with Crippen molar-refractivity contribution in [3.05, 3.63) is 54.6 Å². The Kier molecular flexibility index (Phi) is 8.15. The molecular weight excluding hydrogens is 394 g/mol. The maximum Gasteiger partial charge on any atom is 0.299 e. The quantitative estimate of drug-likeness (QED) is 0.565. The summed E-state index contributed by atoms with van der Waals surface area (Å²) in [6.07, 6.45) is 3.62. The molecule has 0 saturated heterocycles. The Morgan fingerprint density at radius 3 is 2.50 bits per heavy atom. The highest BCUT2D eigenvalue weighted by Crippen LogP contribution is 2.47. The van der Waals surface area contributed by atoms with Gasteiger partial charge < -0.3 is 24.9 Å². The number of benzene rings is 1. The molecule has 0 radical (unpaired) electrons. The lowest BCUT2D eigenvalue weighted by molar-refractivity contribution is -0.324. The average Bonchev–Trinajstić information content (AvgIpc) is 3.05. The van der Waals surface area contributed by atoms with Gasteiger partial charge in [0.25, 0.3) is 5.92 Å². The predicted molar refractivity (Wildman–Crippen MR) is 107 cm³/mol. The first-order valence-electron chi connectivity index (χ1n) is 10.0. The maximum atomic E-state index is 14.4. The van der Waals surface area contributed by atoms with Gasteiger partial charge in [-0.15, -0.1) is 0 Å². The van der Waals surface area contributed by atoms with E-state index in [0.29, 0.717) is 11.8 Å². The first-order chi connectivity index (χ1) is 14.1. The van der Waals surface area contributed by atoms with Crippen LogP contribution in [0.15, 0.2) is 54.6 Å². The number of hydrogen-bond donors (Lipinski definition) is 2. The molecule has 1 aromatic rings. The normalized spacial score (nSPS) is 25.5. The van der Waals surface area contributed by atoms with Gasteiger partial charge in [0, 0.05) is 11.4 Å². The highest BCUT2D eigenvalue weighted by Gasteiger charge is 2.49. The number of ether oxygens (including phenoxy) is 1. The molecule has 1 aliphatic rings. The Labute approximate surface area is 175 Å². The van der Waals surface area contributed by atoms with Crippen molar-refractivity contribution in [2.75, 3.05) is 6.61 Å². The third kappa shape index (κ3) is 5.89. The fourth-order valence-corrected chi connectivity index (χ4v) is 4.02. The van der Waals surface area contributed by atoms with Crippen molar-refractivity contribution in [2.45, 2.75) is 51.2 Å². The Hall–Kier alpha value is -2.25. The number of alkyl halides is 2. The molecule has 5 nitrogen and oxygen atoms in total. The van der Waals surface area contributed by atoms with Crippen LogP contribution in [0.25, 0.3) is 0 Å². The van der Waals surface area contributed by atoms with E-state index in [1.54, 1.807) is 49.4 Å². The topological polar surface area (TPSA) is 89.8 Å². The van der Waals surface area contributed by atoms with E-state index < -0.39 is 48.0 Å². The molecule has 1 aliphatic carbocycles. The number of carboxylic acid groups (broad SMARTS) is 1. The van der Waals surface area contributed by atoms with Crippen LogP contribution >= 0.6 is 0 Å². The van der Waals surface area contributed by atoms with Crippen molar-refractivity contribution in [2.24, 2.45) is 17.3 Å². The number of aliphatic hydroxyl groups excluding tert-OH is 2. The summed E-state index contributed by atoms with van der Waals surface area (Å²) in [7, 11) is 0. The lowest BCUT2D eigenvalue weighted by Crippen LogP contribution is -2.51. The van der Waals surface area contributed by atoms with Crippen LogP contribution in [0.5, 0.6) is 5.75 Å². The number of para-hydroxylation sites is 1. The Bertz CT molecular complexity index is 749. The van der Waals surface area contributed by atoms with Gasteiger partial charge in [-0.1, -0.05) is 43.4 Å². The van der Waals surface area contributed by atoms with Crippen molar-refractivity contribution in [3.8, 4) is 5.75 Å². The minimum atomic E-state index is -3.33. The number of aliphatic carboxylic acids is 1. The molecule has 0 amide bonds. The predicted octanol–water partition coefficient (Wildman–Crippen LogP) is 2.73. The zero-order chi connectivity index (χ0) is 22.4. The summed E-state index contributed by atoms with van der Waals surface area (Å²) in [6, 6.07) is 8.21. The summed E-state index contributed by atoms with van der Waals surface area (Å²) in [4.78, 5) is 12.1. The maximum absolute atomic E-state index is 14.4. The fourth-order valence-electron chi connectivity index (χ4n) is 4.02. The fraction of sp³-hybridized carbons (Fsp3) is 0.522. The lowest BCUT2D eigenvalue weighted by Gasteiger charge is -2.43. The van der Waals surface area contributed by atoms with Gasteiger partial charge in [0.15, 0.2) is 6.61 Å². The number of carbonyl (C=O) groups is 1. The largest absolute Gasteiger partial charge is 0.550 e. The Morgan fingerprint density at radius 1 is 1.30 bits per heavy atom. The van der Waals surface area contributed by atoms with Gasteiger partial charge in [0.05, 0.1) is 12.2 Å². The van der Waals surface area contributed by atoms with Crippen LogP contribution in [0.3, 0.4) is 0 Å². The van der Waals surface area contributed by atoms with Crippen molar-refractivity contribution >= 4 is 5.97 Å². The molecule has 1 fully saturated rings. The molecule has 0 spiro atoms. The number of aliphatic hydroxyl groups is 2. The van der Waals surface area contributed by atoms with Gasteiger partial charge in [-0.2, -0.15) is 8.78 Å². The number of allylic oxidation sites excluding steroid dienone is 3. The SMILES string of the molecule is CC=CCC(C=CC(F)(F)COc1ccccc1)C(C)(C(=O)[O-])C1CC(O)CC1O.